The van der Waals surface area contributed by atoms with Crippen molar-refractivity contribution in [1.82, 2.24) is 4.90 Å². The number of hydrogen-bond acceptors (Lipinski definition) is 2. The van der Waals surface area contributed by atoms with E-state index in [1.165, 1.54) is 45.3 Å². The van der Waals surface area contributed by atoms with Crippen molar-refractivity contribution in [2.45, 2.75) is 38.6 Å². The molecule has 15 heavy (non-hydrogen) atoms. The summed E-state index contributed by atoms with van der Waals surface area (Å²) >= 11 is 0. The number of fused-ring (bicyclic) bond motifs is 2. The maximum atomic E-state index is 6.35. The maximum Gasteiger partial charge on any atom is 0.0111 e. The first-order valence-electron chi connectivity index (χ1n) is 6.72. The normalized spacial score (nSPS) is 50.4. The molecule has 2 bridgehead atoms. The van der Waals surface area contributed by atoms with Gasteiger partial charge in [0.15, 0.2) is 0 Å². The Morgan fingerprint density at radius 3 is 2.60 bits per heavy atom. The van der Waals surface area contributed by atoms with E-state index in [1.807, 2.05) is 0 Å². The lowest BCUT2D eigenvalue weighted by Gasteiger charge is -2.31. The summed E-state index contributed by atoms with van der Waals surface area (Å²) in [7, 11) is 0. The topological polar surface area (TPSA) is 29.3 Å². The van der Waals surface area contributed by atoms with Crippen LogP contribution in [0.4, 0.5) is 0 Å². The van der Waals surface area contributed by atoms with Gasteiger partial charge in [-0.25, -0.2) is 0 Å². The molecular weight excluding hydrogens is 184 g/mol. The van der Waals surface area contributed by atoms with Gasteiger partial charge in [0.2, 0.25) is 0 Å². The van der Waals surface area contributed by atoms with Crippen LogP contribution in [0, 0.1) is 23.7 Å². The minimum Gasteiger partial charge on any atom is -0.327 e. The Hall–Kier alpha value is -0.0800. The number of rotatable bonds is 2. The molecule has 2 aliphatic carbocycles. The predicted octanol–water partition coefficient (Wildman–Crippen LogP) is 1.70. The van der Waals surface area contributed by atoms with Crippen LogP contribution in [0.25, 0.3) is 0 Å². The molecule has 0 spiro atoms. The molecule has 2 saturated carbocycles. The molecule has 1 heterocycles. The lowest BCUT2D eigenvalue weighted by molar-refractivity contribution is 0.195. The molecule has 2 nitrogen and oxygen atoms in total. The fourth-order valence-corrected chi connectivity index (χ4v) is 4.22. The average molecular weight is 208 g/mol. The van der Waals surface area contributed by atoms with Gasteiger partial charge in [-0.2, -0.15) is 0 Å². The van der Waals surface area contributed by atoms with Crippen LogP contribution >= 0.6 is 0 Å². The minimum absolute atomic E-state index is 0.527. The highest BCUT2D eigenvalue weighted by atomic mass is 15.1. The van der Waals surface area contributed by atoms with Crippen molar-refractivity contribution in [3.8, 4) is 0 Å². The van der Waals surface area contributed by atoms with E-state index in [1.54, 1.807) is 0 Å². The summed E-state index contributed by atoms with van der Waals surface area (Å²) < 4.78 is 0. The Morgan fingerprint density at radius 1 is 1.20 bits per heavy atom. The van der Waals surface area contributed by atoms with E-state index >= 15 is 0 Å². The number of hydrogen-bond donors (Lipinski definition) is 1. The van der Waals surface area contributed by atoms with E-state index in [0.29, 0.717) is 6.04 Å². The second kappa shape index (κ2) is 3.74. The lowest BCUT2D eigenvalue weighted by Crippen LogP contribution is -2.42. The molecule has 2 heteroatoms. The van der Waals surface area contributed by atoms with Crippen LogP contribution in [-0.2, 0) is 0 Å². The molecule has 0 radical (unpaired) electrons. The summed E-state index contributed by atoms with van der Waals surface area (Å²) in [6, 6.07) is 0.527. The Kier molecular flexibility index (Phi) is 2.52. The van der Waals surface area contributed by atoms with Gasteiger partial charge in [0.05, 0.1) is 0 Å². The Morgan fingerprint density at radius 2 is 2.00 bits per heavy atom. The monoisotopic (exact) mass is 208 g/mol. The molecule has 3 aliphatic rings. The third kappa shape index (κ3) is 1.72. The van der Waals surface area contributed by atoms with Gasteiger partial charge in [-0.3, -0.25) is 0 Å². The van der Waals surface area contributed by atoms with Gasteiger partial charge in [-0.15, -0.1) is 0 Å². The van der Waals surface area contributed by atoms with Crippen LogP contribution in [0.5, 0.6) is 0 Å². The first-order chi connectivity index (χ1) is 7.24. The summed E-state index contributed by atoms with van der Waals surface area (Å²) in [6.07, 6.45) is 5.72. The minimum atomic E-state index is 0.527. The number of nitrogens with zero attached hydrogens (tertiary/aromatic N) is 1. The first kappa shape index (κ1) is 10.1. The van der Waals surface area contributed by atoms with Crippen molar-refractivity contribution in [3.63, 3.8) is 0 Å². The molecule has 0 aromatic heterocycles. The Balaban J connectivity index is 1.59. The predicted molar refractivity (Wildman–Crippen MR) is 62.5 cm³/mol. The van der Waals surface area contributed by atoms with Gasteiger partial charge in [0.25, 0.3) is 0 Å². The molecule has 1 saturated heterocycles. The van der Waals surface area contributed by atoms with Crippen LogP contribution < -0.4 is 5.73 Å². The lowest BCUT2D eigenvalue weighted by atomic mass is 9.84. The molecular formula is C13H24N2. The Labute approximate surface area is 93.2 Å². The van der Waals surface area contributed by atoms with Crippen LogP contribution in [0.2, 0.25) is 0 Å². The third-order valence-electron chi connectivity index (χ3n) is 5.13. The van der Waals surface area contributed by atoms with Crippen LogP contribution in [-0.4, -0.2) is 30.6 Å². The second-order valence-corrected chi connectivity index (χ2v) is 6.23. The molecule has 0 amide bonds. The van der Waals surface area contributed by atoms with Gasteiger partial charge in [-0.1, -0.05) is 6.92 Å². The molecule has 1 aliphatic heterocycles. The molecule has 86 valence electrons. The van der Waals surface area contributed by atoms with Gasteiger partial charge in [0, 0.05) is 19.1 Å². The summed E-state index contributed by atoms with van der Waals surface area (Å²) in [5, 5.41) is 0. The standard InChI is InChI=1S/C13H24N2/c1-9-4-5-15(7-9)8-12-10-2-3-11(6-10)13(12)14/h9-13H,2-8,14H2,1H3. The molecule has 3 fully saturated rings. The fraction of sp³-hybridized carbons (Fsp3) is 1.00. The van der Waals surface area contributed by atoms with Crippen molar-refractivity contribution in [2.75, 3.05) is 19.6 Å². The van der Waals surface area contributed by atoms with Crippen molar-refractivity contribution in [3.05, 3.63) is 0 Å². The highest BCUT2D eigenvalue weighted by Gasteiger charge is 2.46. The van der Waals surface area contributed by atoms with E-state index < -0.39 is 0 Å². The summed E-state index contributed by atoms with van der Waals surface area (Å²) in [4.78, 5) is 2.66. The van der Waals surface area contributed by atoms with E-state index in [0.717, 1.165) is 23.7 Å². The molecule has 2 N–H and O–H groups in total. The van der Waals surface area contributed by atoms with Gasteiger partial charge in [0.1, 0.15) is 0 Å². The van der Waals surface area contributed by atoms with Crippen molar-refractivity contribution in [1.29, 1.82) is 0 Å². The van der Waals surface area contributed by atoms with E-state index in [9.17, 15) is 0 Å². The quantitative estimate of drug-likeness (QED) is 0.748. The van der Waals surface area contributed by atoms with Crippen LogP contribution in [0.15, 0.2) is 0 Å². The Bertz CT molecular complexity index is 239. The molecule has 3 rings (SSSR count). The second-order valence-electron chi connectivity index (χ2n) is 6.23. The zero-order chi connectivity index (χ0) is 10.4. The van der Waals surface area contributed by atoms with Crippen molar-refractivity contribution < 1.29 is 0 Å². The molecule has 5 unspecified atom stereocenters. The summed E-state index contributed by atoms with van der Waals surface area (Å²) in [5.74, 6) is 3.59. The highest BCUT2D eigenvalue weighted by Crippen LogP contribution is 2.48. The SMILES string of the molecule is CC1CCN(CC2C3CCC(C3)C2N)C1. The summed E-state index contributed by atoms with van der Waals surface area (Å²) in [6.45, 7) is 6.32. The molecule has 0 aromatic carbocycles. The number of nitrogens with two attached hydrogens (primary N) is 1. The van der Waals surface area contributed by atoms with E-state index in [-0.39, 0.29) is 0 Å². The van der Waals surface area contributed by atoms with Crippen molar-refractivity contribution in [2.24, 2.45) is 29.4 Å². The van der Waals surface area contributed by atoms with Gasteiger partial charge >= 0.3 is 0 Å². The van der Waals surface area contributed by atoms with Crippen LogP contribution in [0.1, 0.15) is 32.6 Å². The highest BCUT2D eigenvalue weighted by molar-refractivity contribution is 5.00. The summed E-state index contributed by atoms with van der Waals surface area (Å²) in [5.41, 5.74) is 6.35. The maximum absolute atomic E-state index is 6.35. The van der Waals surface area contributed by atoms with E-state index in [2.05, 4.69) is 11.8 Å². The third-order valence-corrected chi connectivity index (χ3v) is 5.13. The van der Waals surface area contributed by atoms with Gasteiger partial charge < -0.3 is 10.6 Å². The molecule has 0 aromatic rings. The van der Waals surface area contributed by atoms with Crippen molar-refractivity contribution >= 4 is 0 Å². The zero-order valence-electron chi connectivity index (χ0n) is 9.86. The molecule has 5 atom stereocenters. The largest absolute Gasteiger partial charge is 0.327 e. The first-order valence-corrected chi connectivity index (χ1v) is 6.72. The smallest absolute Gasteiger partial charge is 0.0111 e. The number of likely N-dealkylation sites (tertiary alicyclic amines) is 1. The zero-order valence-corrected chi connectivity index (χ0v) is 9.86. The average Bonchev–Trinajstić information content (AvgIpc) is 2.86. The van der Waals surface area contributed by atoms with E-state index in [4.69, 9.17) is 5.73 Å². The van der Waals surface area contributed by atoms with Crippen LogP contribution in [0.3, 0.4) is 0 Å². The fourth-order valence-electron chi connectivity index (χ4n) is 4.22. The van der Waals surface area contributed by atoms with Gasteiger partial charge in [-0.05, 0) is 55.9 Å².